The summed E-state index contributed by atoms with van der Waals surface area (Å²) in [7, 11) is -4.18. The van der Waals surface area contributed by atoms with E-state index in [2.05, 4.69) is 22.4 Å². The summed E-state index contributed by atoms with van der Waals surface area (Å²) in [6.45, 7) is 2.13. The van der Waals surface area contributed by atoms with E-state index in [0.29, 0.717) is 11.2 Å². The van der Waals surface area contributed by atoms with Gasteiger partial charge < -0.3 is 5.32 Å². The Morgan fingerprint density at radius 2 is 1.85 bits per heavy atom. The van der Waals surface area contributed by atoms with Gasteiger partial charge in [0, 0.05) is 36.5 Å². The minimum Gasteiger partial charge on any atom is -0.302 e. The molecule has 2 heterocycles. The van der Waals surface area contributed by atoms with Gasteiger partial charge >= 0.3 is 0 Å². The van der Waals surface area contributed by atoms with Gasteiger partial charge in [-0.25, -0.2) is 22.2 Å². The highest BCUT2D eigenvalue weighted by atomic mass is 32.2. The van der Waals surface area contributed by atoms with E-state index in [-0.39, 0.29) is 31.8 Å². The van der Waals surface area contributed by atoms with Crippen LogP contribution in [0, 0.1) is 24.5 Å². The minimum atomic E-state index is -4.18. The summed E-state index contributed by atoms with van der Waals surface area (Å²) >= 11 is 1.40. The number of carbonyl (C=O) groups excluding carboxylic acids is 1. The smallest absolute Gasteiger partial charge is 0.246 e. The van der Waals surface area contributed by atoms with Crippen molar-refractivity contribution in [2.75, 3.05) is 18.4 Å². The average molecular weight is 492 g/mol. The van der Waals surface area contributed by atoms with E-state index in [1.54, 1.807) is 6.20 Å². The Bertz CT molecular complexity index is 1250. The number of aryl methyl sites for hydroxylation is 1. The topological polar surface area (TPSA) is 79.4 Å². The number of carbonyl (C=O) groups is 1. The van der Waals surface area contributed by atoms with E-state index in [1.165, 1.54) is 16.9 Å². The zero-order valence-corrected chi connectivity index (χ0v) is 19.6. The van der Waals surface area contributed by atoms with Crippen LogP contribution in [-0.2, 0) is 21.2 Å². The number of hydrogen-bond acceptors (Lipinski definition) is 5. The number of amides is 1. The fourth-order valence-electron chi connectivity index (χ4n) is 3.73. The van der Waals surface area contributed by atoms with Crippen molar-refractivity contribution in [2.24, 2.45) is 5.92 Å². The summed E-state index contributed by atoms with van der Waals surface area (Å²) in [5.74, 6) is -2.44. The predicted octanol–water partition coefficient (Wildman–Crippen LogP) is 4.36. The first-order valence-electron chi connectivity index (χ1n) is 10.5. The first-order valence-corrected chi connectivity index (χ1v) is 12.7. The van der Waals surface area contributed by atoms with Crippen LogP contribution in [0.5, 0.6) is 0 Å². The Balaban J connectivity index is 1.34. The number of aromatic nitrogens is 1. The lowest BCUT2D eigenvalue weighted by atomic mass is 9.97. The largest absolute Gasteiger partial charge is 0.302 e. The van der Waals surface area contributed by atoms with Crippen LogP contribution in [0.15, 0.2) is 53.6 Å². The first kappa shape index (κ1) is 23.5. The molecule has 0 aliphatic carbocycles. The van der Waals surface area contributed by atoms with E-state index in [0.717, 1.165) is 33.3 Å². The lowest BCUT2D eigenvalue weighted by Crippen LogP contribution is -2.41. The standard InChI is InChI=1S/C23H23F2N3O3S2/c1-15-2-4-16(5-3-15)12-19-14-26-23(32-19)27-22(29)17-8-10-28(11-9-17)33(30,31)21-13-18(24)6-7-20(21)25/h2-7,13-14,17H,8-12H2,1H3,(H,26,27,29). The van der Waals surface area contributed by atoms with Gasteiger partial charge in [0.15, 0.2) is 5.13 Å². The summed E-state index contributed by atoms with van der Waals surface area (Å²) in [6.07, 6.45) is 3.02. The Kier molecular flexibility index (Phi) is 6.87. The number of hydrogen-bond donors (Lipinski definition) is 1. The molecule has 10 heteroatoms. The highest BCUT2D eigenvalue weighted by Gasteiger charge is 2.34. The maximum Gasteiger partial charge on any atom is 0.246 e. The number of rotatable bonds is 6. The molecule has 1 fully saturated rings. The molecule has 6 nitrogen and oxygen atoms in total. The van der Waals surface area contributed by atoms with E-state index in [4.69, 9.17) is 0 Å². The summed E-state index contributed by atoms with van der Waals surface area (Å²) in [5.41, 5.74) is 2.35. The summed E-state index contributed by atoms with van der Waals surface area (Å²) in [6, 6.07) is 10.6. The molecule has 174 valence electrons. The number of anilines is 1. The van der Waals surface area contributed by atoms with Gasteiger partial charge in [0.1, 0.15) is 16.5 Å². The fourth-order valence-corrected chi connectivity index (χ4v) is 6.13. The maximum atomic E-state index is 14.0. The van der Waals surface area contributed by atoms with Gasteiger partial charge in [-0.3, -0.25) is 4.79 Å². The van der Waals surface area contributed by atoms with Gasteiger partial charge in [0.2, 0.25) is 15.9 Å². The Morgan fingerprint density at radius 1 is 1.15 bits per heavy atom. The second-order valence-corrected chi connectivity index (χ2v) is 11.1. The molecule has 4 rings (SSSR count). The number of nitrogens with one attached hydrogen (secondary N) is 1. The molecule has 0 spiro atoms. The zero-order chi connectivity index (χ0) is 23.6. The van der Waals surface area contributed by atoms with Crippen LogP contribution in [-0.4, -0.2) is 36.7 Å². The van der Waals surface area contributed by atoms with Gasteiger partial charge in [-0.2, -0.15) is 4.31 Å². The highest BCUT2D eigenvalue weighted by Crippen LogP contribution is 2.28. The summed E-state index contributed by atoms with van der Waals surface area (Å²) in [4.78, 5) is 17.3. The van der Waals surface area contributed by atoms with Gasteiger partial charge in [0.05, 0.1) is 0 Å². The maximum absolute atomic E-state index is 14.0. The number of halogens is 2. The lowest BCUT2D eigenvalue weighted by Gasteiger charge is -2.30. The Morgan fingerprint density at radius 3 is 2.55 bits per heavy atom. The number of sulfonamides is 1. The van der Waals surface area contributed by atoms with Crippen molar-refractivity contribution in [2.45, 2.75) is 31.1 Å². The molecule has 0 atom stereocenters. The highest BCUT2D eigenvalue weighted by molar-refractivity contribution is 7.89. The number of benzene rings is 2. The van der Waals surface area contributed by atoms with Crippen LogP contribution in [0.4, 0.5) is 13.9 Å². The molecular formula is C23H23F2N3O3S2. The molecule has 0 unspecified atom stereocenters. The predicted molar refractivity (Wildman–Crippen MR) is 123 cm³/mol. The van der Waals surface area contributed by atoms with Gasteiger partial charge in [0.25, 0.3) is 0 Å². The molecule has 3 aromatic rings. The van der Waals surface area contributed by atoms with E-state index < -0.39 is 32.5 Å². The summed E-state index contributed by atoms with van der Waals surface area (Å²) in [5, 5.41) is 3.32. The molecule has 2 aromatic carbocycles. The quantitative estimate of drug-likeness (QED) is 0.556. The fraction of sp³-hybridized carbons (Fsp3) is 0.304. The van der Waals surface area contributed by atoms with E-state index >= 15 is 0 Å². The van der Waals surface area contributed by atoms with Crippen molar-refractivity contribution >= 4 is 32.4 Å². The van der Waals surface area contributed by atoms with Gasteiger partial charge in [-0.05, 0) is 43.5 Å². The summed E-state index contributed by atoms with van der Waals surface area (Å²) < 4.78 is 53.9. The van der Waals surface area contributed by atoms with Crippen molar-refractivity contribution in [1.29, 1.82) is 0 Å². The van der Waals surface area contributed by atoms with Crippen molar-refractivity contribution in [3.8, 4) is 0 Å². The normalized spacial score (nSPS) is 15.5. The molecule has 1 N–H and O–H groups in total. The average Bonchev–Trinajstić information content (AvgIpc) is 3.23. The van der Waals surface area contributed by atoms with E-state index in [1.807, 2.05) is 19.1 Å². The number of nitrogens with zero attached hydrogens (tertiary/aromatic N) is 2. The van der Waals surface area contributed by atoms with Crippen molar-refractivity contribution in [3.63, 3.8) is 0 Å². The molecule has 0 radical (unpaired) electrons. The third-order valence-electron chi connectivity index (χ3n) is 5.62. The van der Waals surface area contributed by atoms with Crippen LogP contribution in [0.25, 0.3) is 0 Å². The molecule has 1 saturated heterocycles. The third kappa shape index (κ3) is 5.45. The van der Waals surface area contributed by atoms with E-state index in [9.17, 15) is 22.0 Å². The zero-order valence-electron chi connectivity index (χ0n) is 17.9. The van der Waals surface area contributed by atoms with Crippen molar-refractivity contribution in [1.82, 2.24) is 9.29 Å². The van der Waals surface area contributed by atoms with Crippen LogP contribution in [0.2, 0.25) is 0 Å². The van der Waals surface area contributed by atoms with Crippen LogP contribution >= 0.6 is 11.3 Å². The molecule has 0 bridgehead atoms. The first-order chi connectivity index (χ1) is 15.7. The van der Waals surface area contributed by atoms with Crippen molar-refractivity contribution in [3.05, 3.63) is 76.3 Å². The Labute approximate surface area is 195 Å². The molecule has 1 aliphatic heterocycles. The van der Waals surface area contributed by atoms with Gasteiger partial charge in [-0.15, -0.1) is 11.3 Å². The van der Waals surface area contributed by atoms with Crippen LogP contribution in [0.3, 0.4) is 0 Å². The molecule has 33 heavy (non-hydrogen) atoms. The molecular weight excluding hydrogens is 468 g/mol. The number of thiazole rings is 1. The second kappa shape index (κ2) is 9.66. The van der Waals surface area contributed by atoms with Gasteiger partial charge in [-0.1, -0.05) is 29.8 Å². The minimum absolute atomic E-state index is 0.0485. The van der Waals surface area contributed by atoms with Crippen molar-refractivity contribution < 1.29 is 22.0 Å². The SMILES string of the molecule is Cc1ccc(Cc2cnc(NC(=O)C3CCN(S(=O)(=O)c4cc(F)ccc4F)CC3)s2)cc1. The molecule has 0 saturated carbocycles. The number of piperidine rings is 1. The van der Waals surface area contributed by atoms with Crippen LogP contribution < -0.4 is 5.32 Å². The molecule has 1 amide bonds. The third-order valence-corrected chi connectivity index (χ3v) is 8.44. The second-order valence-electron chi connectivity index (χ2n) is 8.04. The molecule has 1 aliphatic rings. The molecule has 1 aromatic heterocycles. The van der Waals surface area contributed by atoms with Crippen LogP contribution in [0.1, 0.15) is 28.8 Å². The lowest BCUT2D eigenvalue weighted by molar-refractivity contribution is -0.120. The monoisotopic (exact) mass is 491 g/mol. The Hall–Kier alpha value is -2.69.